The first kappa shape index (κ1) is 24.5. The van der Waals surface area contributed by atoms with Crippen molar-refractivity contribution in [3.63, 3.8) is 0 Å². The second kappa shape index (κ2) is 9.30. The lowest BCUT2D eigenvalue weighted by atomic mass is 9.96. The number of benzene rings is 7. The zero-order valence-electron chi connectivity index (χ0n) is 24.5. The Hall–Kier alpha value is -5.90. The van der Waals surface area contributed by atoms with Gasteiger partial charge in [0.25, 0.3) is 0 Å². The van der Waals surface area contributed by atoms with E-state index in [4.69, 9.17) is 0 Å². The molecule has 0 amide bonds. The second-order valence-electron chi connectivity index (χ2n) is 11.9. The van der Waals surface area contributed by atoms with Crippen molar-refractivity contribution < 1.29 is 4.90 Å². The van der Waals surface area contributed by atoms with Gasteiger partial charge in [0.15, 0.2) is 5.69 Å². The fourth-order valence-electron chi connectivity index (χ4n) is 7.85. The Morgan fingerprint density at radius 1 is 0.400 bits per heavy atom. The lowest BCUT2D eigenvalue weighted by molar-refractivity contribution is -0.675. The molecule has 1 unspecified atom stereocenters. The fraction of sp³-hybridized carbons (Fsp3) is 0. The van der Waals surface area contributed by atoms with Crippen LogP contribution < -0.4 is 4.90 Å². The van der Waals surface area contributed by atoms with Gasteiger partial charge in [0, 0.05) is 33.6 Å². The third kappa shape index (κ3) is 3.28. The van der Waals surface area contributed by atoms with Gasteiger partial charge in [-0.1, -0.05) is 103 Å². The number of aromatic nitrogens is 2. The molecule has 1 N–H and O–H groups in total. The van der Waals surface area contributed by atoms with Crippen molar-refractivity contribution in [2.45, 2.75) is 0 Å². The van der Waals surface area contributed by atoms with Gasteiger partial charge in [0.2, 0.25) is 0 Å². The summed E-state index contributed by atoms with van der Waals surface area (Å²) >= 11 is 0. The van der Waals surface area contributed by atoms with Gasteiger partial charge in [-0.25, -0.2) is 4.90 Å². The molecule has 10 rings (SSSR count). The second-order valence-corrected chi connectivity index (χ2v) is 11.9. The summed E-state index contributed by atoms with van der Waals surface area (Å²) in [6.45, 7) is 0. The molecule has 7 aromatic carbocycles. The van der Waals surface area contributed by atoms with Crippen LogP contribution in [0.4, 0.5) is 17.1 Å². The number of para-hydroxylation sites is 6. The summed E-state index contributed by atoms with van der Waals surface area (Å²) in [6, 6.07) is 59.5. The molecule has 0 aliphatic carbocycles. The lowest BCUT2D eigenvalue weighted by Gasteiger charge is -2.17. The first-order valence-corrected chi connectivity index (χ1v) is 15.6. The van der Waals surface area contributed by atoms with Gasteiger partial charge >= 0.3 is 0 Å². The Morgan fingerprint density at radius 2 is 0.867 bits per heavy atom. The minimum Gasteiger partial charge on any atom is -0.307 e. The van der Waals surface area contributed by atoms with Crippen molar-refractivity contribution in [2.24, 2.45) is 0 Å². The molecule has 210 valence electrons. The smallest absolute Gasteiger partial charge is 0.160 e. The zero-order chi connectivity index (χ0) is 29.5. The molecular weight excluding hydrogens is 546 g/mol. The largest absolute Gasteiger partial charge is 0.307 e. The maximum Gasteiger partial charge on any atom is 0.160 e. The Labute approximate surface area is 260 Å². The summed E-state index contributed by atoms with van der Waals surface area (Å²) in [6.07, 6.45) is 0. The molecule has 3 nitrogen and oxygen atoms in total. The molecule has 0 saturated heterocycles. The highest BCUT2D eigenvalue weighted by Crippen LogP contribution is 2.53. The van der Waals surface area contributed by atoms with Crippen molar-refractivity contribution in [1.29, 1.82) is 0 Å². The Kier molecular flexibility index (Phi) is 5.07. The van der Waals surface area contributed by atoms with Crippen LogP contribution in [0.3, 0.4) is 0 Å². The zero-order valence-corrected chi connectivity index (χ0v) is 24.5. The molecule has 1 aliphatic heterocycles. The average molecular weight is 575 g/mol. The summed E-state index contributed by atoms with van der Waals surface area (Å²) in [5.41, 5.74) is 13.7. The molecule has 0 fully saturated rings. The molecule has 9 aromatic rings. The van der Waals surface area contributed by atoms with E-state index >= 15 is 0 Å². The Bertz CT molecular complexity index is 2580. The molecule has 1 aliphatic rings. The maximum atomic E-state index is 2.50. The van der Waals surface area contributed by atoms with Gasteiger partial charge < -0.3 is 9.13 Å². The summed E-state index contributed by atoms with van der Waals surface area (Å²) in [5, 5.41) is 5.13. The first-order chi connectivity index (χ1) is 22.4. The summed E-state index contributed by atoms with van der Waals surface area (Å²) < 4.78 is 4.99. The number of rotatable bonds is 3. The highest BCUT2D eigenvalue weighted by Gasteiger charge is 2.40. The van der Waals surface area contributed by atoms with E-state index in [0.29, 0.717) is 0 Å². The van der Waals surface area contributed by atoms with Gasteiger partial charge in [0.05, 0.1) is 38.6 Å². The Balaban J connectivity index is 1.56. The van der Waals surface area contributed by atoms with Crippen LogP contribution in [0.2, 0.25) is 0 Å². The van der Waals surface area contributed by atoms with E-state index in [2.05, 4.69) is 173 Å². The molecule has 45 heavy (non-hydrogen) atoms. The number of fused-ring (bicyclic) bond motifs is 12. The number of nitrogens with one attached hydrogen (secondary N) is 1. The SMILES string of the molecule is c1ccc(-n2c3ccccc3c3c4c(c5c6ccccc6n(-c6ccccc6)c5c32)[NH+](c2ccccc2)c2ccccc2-4)cc1. The molecular formula is C42H28N3+. The van der Waals surface area contributed by atoms with E-state index in [1.807, 2.05) is 0 Å². The number of hydrogen-bond donors (Lipinski definition) is 1. The molecule has 0 radical (unpaired) electrons. The topological polar surface area (TPSA) is 14.3 Å². The van der Waals surface area contributed by atoms with Gasteiger partial charge in [-0.2, -0.15) is 0 Å². The quantitative estimate of drug-likeness (QED) is 0.216. The van der Waals surface area contributed by atoms with E-state index in [9.17, 15) is 0 Å². The fourth-order valence-corrected chi connectivity index (χ4v) is 7.85. The first-order valence-electron chi connectivity index (χ1n) is 15.6. The van der Waals surface area contributed by atoms with Crippen LogP contribution in [0.5, 0.6) is 0 Å². The van der Waals surface area contributed by atoms with Crippen LogP contribution in [-0.2, 0) is 0 Å². The standard InChI is InChI=1S/C42H27N3/c1-4-16-28(17-5-1)43-34-25-13-10-22-31(34)37-38-32-23-11-14-26-35(32)44(29-18-6-2-7-19-29)41(38)42-39(40(37)43)33-24-12-15-27-36(33)45(42)30-20-8-3-9-21-30/h1-27H/p+1. The number of quaternary nitrogens is 1. The number of hydrogen-bond acceptors (Lipinski definition) is 0. The summed E-state index contributed by atoms with van der Waals surface area (Å²) in [5.74, 6) is 0. The van der Waals surface area contributed by atoms with E-state index < -0.39 is 0 Å². The Morgan fingerprint density at radius 3 is 1.49 bits per heavy atom. The van der Waals surface area contributed by atoms with Crippen molar-refractivity contribution in [3.05, 3.63) is 164 Å². The van der Waals surface area contributed by atoms with Crippen LogP contribution >= 0.6 is 0 Å². The summed E-state index contributed by atoms with van der Waals surface area (Å²) in [7, 11) is 0. The van der Waals surface area contributed by atoms with Crippen molar-refractivity contribution >= 4 is 60.7 Å². The normalized spacial score (nSPS) is 14.0. The van der Waals surface area contributed by atoms with Crippen LogP contribution in [0.25, 0.3) is 66.1 Å². The van der Waals surface area contributed by atoms with E-state index in [1.165, 1.54) is 76.7 Å². The van der Waals surface area contributed by atoms with E-state index in [-0.39, 0.29) is 0 Å². The molecule has 2 aromatic heterocycles. The van der Waals surface area contributed by atoms with Crippen molar-refractivity contribution in [1.82, 2.24) is 9.13 Å². The van der Waals surface area contributed by atoms with Crippen molar-refractivity contribution in [2.75, 3.05) is 0 Å². The molecule has 3 heterocycles. The van der Waals surface area contributed by atoms with Gasteiger partial charge in [-0.15, -0.1) is 0 Å². The maximum absolute atomic E-state index is 2.50. The van der Waals surface area contributed by atoms with E-state index in [1.54, 1.807) is 0 Å². The molecule has 0 saturated carbocycles. The van der Waals surface area contributed by atoms with Crippen LogP contribution in [0, 0.1) is 0 Å². The van der Waals surface area contributed by atoms with Crippen molar-refractivity contribution in [3.8, 4) is 22.5 Å². The molecule has 0 bridgehead atoms. The summed E-state index contributed by atoms with van der Waals surface area (Å²) in [4.78, 5) is 1.31. The van der Waals surface area contributed by atoms with E-state index in [0.717, 1.165) is 11.4 Å². The highest BCUT2D eigenvalue weighted by atomic mass is 15.2. The van der Waals surface area contributed by atoms with Crippen LogP contribution in [-0.4, -0.2) is 9.13 Å². The van der Waals surface area contributed by atoms with Crippen LogP contribution in [0.1, 0.15) is 0 Å². The average Bonchev–Trinajstić information content (AvgIpc) is 3.75. The third-order valence-corrected chi connectivity index (χ3v) is 9.53. The van der Waals surface area contributed by atoms with Gasteiger partial charge in [-0.3, -0.25) is 0 Å². The molecule has 1 atom stereocenters. The molecule has 3 heteroatoms. The van der Waals surface area contributed by atoms with Gasteiger partial charge in [0.1, 0.15) is 11.4 Å². The minimum atomic E-state index is 1.16. The molecule has 0 spiro atoms. The minimum absolute atomic E-state index is 1.16. The predicted molar refractivity (Wildman–Crippen MR) is 187 cm³/mol. The lowest BCUT2D eigenvalue weighted by Crippen LogP contribution is -2.95. The highest BCUT2D eigenvalue weighted by molar-refractivity contribution is 6.33. The third-order valence-electron chi connectivity index (χ3n) is 9.53. The monoisotopic (exact) mass is 574 g/mol. The number of nitrogens with zero attached hydrogens (tertiary/aromatic N) is 2. The van der Waals surface area contributed by atoms with Gasteiger partial charge in [-0.05, 0) is 54.6 Å². The van der Waals surface area contributed by atoms with Crippen LogP contribution in [0.15, 0.2) is 164 Å². The predicted octanol–water partition coefficient (Wildman–Crippen LogP) is 10.0.